The van der Waals surface area contributed by atoms with E-state index in [1.54, 1.807) is 36.4 Å². The van der Waals surface area contributed by atoms with Crippen LogP contribution in [0.1, 0.15) is 16.7 Å². The number of hydrogen-bond donors (Lipinski definition) is 2. The molecule has 8 heteroatoms. The number of aryl methyl sites for hydroxylation is 1. The summed E-state index contributed by atoms with van der Waals surface area (Å²) in [5, 5.41) is 5.31. The van der Waals surface area contributed by atoms with Gasteiger partial charge in [0.1, 0.15) is 17.3 Å². The maximum atomic E-state index is 13.1. The third-order valence-electron chi connectivity index (χ3n) is 5.13. The van der Waals surface area contributed by atoms with Crippen molar-refractivity contribution in [2.45, 2.75) is 13.5 Å². The van der Waals surface area contributed by atoms with Crippen molar-refractivity contribution in [3.05, 3.63) is 101 Å². The molecular weight excluding hydrogens is 437 g/mol. The molecule has 34 heavy (non-hydrogen) atoms. The summed E-state index contributed by atoms with van der Waals surface area (Å²) in [5.74, 6) is -0.859. The topological polar surface area (TPSA) is 87.7 Å². The number of rotatable bonds is 7. The molecular formula is C26H22FN3O4. The van der Waals surface area contributed by atoms with Crippen LogP contribution in [0.4, 0.5) is 14.9 Å². The number of anilines is 1. The number of amides is 4. The van der Waals surface area contributed by atoms with E-state index in [0.717, 1.165) is 10.5 Å². The average molecular weight is 459 g/mol. The van der Waals surface area contributed by atoms with Crippen LogP contribution in [0.3, 0.4) is 0 Å². The second kappa shape index (κ2) is 9.99. The van der Waals surface area contributed by atoms with E-state index in [1.165, 1.54) is 30.3 Å². The Morgan fingerprint density at radius 1 is 1.03 bits per heavy atom. The molecule has 3 aromatic rings. The van der Waals surface area contributed by atoms with Crippen LogP contribution in [0.15, 0.2) is 78.5 Å². The van der Waals surface area contributed by atoms with Gasteiger partial charge in [-0.2, -0.15) is 0 Å². The number of urea groups is 1. The van der Waals surface area contributed by atoms with Gasteiger partial charge in [-0.1, -0.05) is 48.0 Å². The van der Waals surface area contributed by atoms with E-state index in [4.69, 9.17) is 4.74 Å². The minimum atomic E-state index is -0.573. The molecule has 1 fully saturated rings. The molecule has 2 N–H and O–H groups in total. The van der Waals surface area contributed by atoms with E-state index in [1.807, 2.05) is 19.1 Å². The minimum absolute atomic E-state index is 0.0135. The Morgan fingerprint density at radius 2 is 1.74 bits per heavy atom. The molecule has 4 amide bonds. The third kappa shape index (κ3) is 5.47. The molecule has 1 heterocycles. The number of nitrogens with zero attached hydrogens (tertiary/aromatic N) is 1. The van der Waals surface area contributed by atoms with Crippen LogP contribution >= 0.6 is 0 Å². The highest BCUT2D eigenvalue weighted by Gasteiger charge is 2.33. The molecule has 0 atom stereocenters. The van der Waals surface area contributed by atoms with Crippen LogP contribution in [-0.2, 0) is 16.1 Å². The maximum Gasteiger partial charge on any atom is 0.329 e. The van der Waals surface area contributed by atoms with Crippen molar-refractivity contribution in [3.8, 4) is 5.75 Å². The van der Waals surface area contributed by atoms with E-state index in [2.05, 4.69) is 10.6 Å². The predicted molar refractivity (Wildman–Crippen MR) is 125 cm³/mol. The van der Waals surface area contributed by atoms with Crippen LogP contribution < -0.4 is 15.4 Å². The van der Waals surface area contributed by atoms with Crippen LogP contribution in [-0.4, -0.2) is 29.4 Å². The van der Waals surface area contributed by atoms with Gasteiger partial charge in [-0.3, -0.25) is 14.5 Å². The Hall–Kier alpha value is -4.46. The van der Waals surface area contributed by atoms with E-state index >= 15 is 0 Å². The summed E-state index contributed by atoms with van der Waals surface area (Å²) in [6, 6.07) is 19.3. The van der Waals surface area contributed by atoms with E-state index in [-0.39, 0.29) is 24.8 Å². The first-order chi connectivity index (χ1) is 16.4. The number of para-hydroxylation sites is 1. The van der Waals surface area contributed by atoms with Crippen molar-refractivity contribution in [3.63, 3.8) is 0 Å². The van der Waals surface area contributed by atoms with Crippen molar-refractivity contribution in [2.75, 3.05) is 11.9 Å². The molecule has 1 aliphatic rings. The van der Waals surface area contributed by atoms with Gasteiger partial charge in [0, 0.05) is 11.3 Å². The number of halogens is 1. The summed E-state index contributed by atoms with van der Waals surface area (Å²) in [7, 11) is 0. The number of imide groups is 1. The zero-order valence-electron chi connectivity index (χ0n) is 18.4. The Labute approximate surface area is 195 Å². The fourth-order valence-electron chi connectivity index (χ4n) is 3.35. The molecule has 3 aromatic carbocycles. The van der Waals surface area contributed by atoms with Gasteiger partial charge in [-0.15, -0.1) is 0 Å². The number of carbonyl (C=O) groups is 3. The van der Waals surface area contributed by atoms with Crippen molar-refractivity contribution in [2.24, 2.45) is 0 Å². The Balaban J connectivity index is 1.43. The normalized spacial score (nSPS) is 14.3. The first-order valence-electron chi connectivity index (χ1n) is 10.6. The van der Waals surface area contributed by atoms with E-state index in [9.17, 15) is 18.8 Å². The third-order valence-corrected chi connectivity index (χ3v) is 5.13. The van der Waals surface area contributed by atoms with Gasteiger partial charge in [0.05, 0.1) is 6.54 Å². The number of nitrogens with one attached hydrogen (secondary N) is 2. The van der Waals surface area contributed by atoms with Gasteiger partial charge in [0.15, 0.2) is 6.61 Å². The average Bonchev–Trinajstić information content (AvgIpc) is 3.08. The lowest BCUT2D eigenvalue weighted by atomic mass is 10.1. The second-order valence-electron chi connectivity index (χ2n) is 7.75. The molecule has 7 nitrogen and oxygen atoms in total. The molecule has 0 spiro atoms. The molecule has 0 unspecified atom stereocenters. The Morgan fingerprint density at radius 3 is 2.47 bits per heavy atom. The quantitative estimate of drug-likeness (QED) is 0.409. The van der Waals surface area contributed by atoms with Gasteiger partial charge in [0.25, 0.3) is 11.8 Å². The van der Waals surface area contributed by atoms with Crippen LogP contribution in [0.25, 0.3) is 6.08 Å². The lowest BCUT2D eigenvalue weighted by molar-refractivity contribution is -0.123. The van der Waals surface area contributed by atoms with Crippen LogP contribution in [0.5, 0.6) is 5.75 Å². The molecule has 0 saturated carbocycles. The predicted octanol–water partition coefficient (Wildman–Crippen LogP) is 4.24. The van der Waals surface area contributed by atoms with Gasteiger partial charge in [-0.25, -0.2) is 9.18 Å². The molecule has 4 rings (SSSR count). The van der Waals surface area contributed by atoms with Crippen molar-refractivity contribution in [1.29, 1.82) is 0 Å². The standard InChI is InChI=1S/C26H22FN3O4/c1-17-6-12-21(13-7-17)28-24(31)16-34-23-5-3-2-4-19(23)14-22-25(32)30(26(33)29-22)15-18-8-10-20(27)11-9-18/h2-14H,15-16H2,1H3,(H,28,31)(H,29,33)/b22-14+. The lowest BCUT2D eigenvalue weighted by Crippen LogP contribution is -2.30. The molecule has 1 saturated heterocycles. The maximum absolute atomic E-state index is 13.1. The highest BCUT2D eigenvalue weighted by molar-refractivity contribution is 6.14. The Kier molecular flexibility index (Phi) is 6.68. The van der Waals surface area contributed by atoms with Gasteiger partial charge >= 0.3 is 6.03 Å². The molecule has 0 aromatic heterocycles. The minimum Gasteiger partial charge on any atom is -0.483 e. The van der Waals surface area contributed by atoms with Crippen molar-refractivity contribution in [1.82, 2.24) is 10.2 Å². The number of ether oxygens (including phenoxy) is 1. The number of carbonyl (C=O) groups excluding carboxylic acids is 3. The van der Waals surface area contributed by atoms with E-state index in [0.29, 0.717) is 22.6 Å². The van der Waals surface area contributed by atoms with Gasteiger partial charge in [0.2, 0.25) is 0 Å². The Bertz CT molecular complexity index is 1250. The fourth-order valence-corrected chi connectivity index (χ4v) is 3.35. The van der Waals surface area contributed by atoms with Crippen molar-refractivity contribution >= 4 is 29.6 Å². The van der Waals surface area contributed by atoms with Crippen LogP contribution in [0, 0.1) is 12.7 Å². The molecule has 0 radical (unpaired) electrons. The molecule has 172 valence electrons. The summed E-state index contributed by atoms with van der Waals surface area (Å²) >= 11 is 0. The van der Waals surface area contributed by atoms with Gasteiger partial charge < -0.3 is 15.4 Å². The zero-order chi connectivity index (χ0) is 24.1. The highest BCUT2D eigenvalue weighted by Crippen LogP contribution is 2.23. The zero-order valence-corrected chi connectivity index (χ0v) is 18.4. The van der Waals surface area contributed by atoms with Crippen LogP contribution in [0.2, 0.25) is 0 Å². The first kappa shape index (κ1) is 22.7. The number of benzene rings is 3. The van der Waals surface area contributed by atoms with E-state index < -0.39 is 17.8 Å². The molecule has 0 aliphatic carbocycles. The summed E-state index contributed by atoms with van der Waals surface area (Å²) in [6.45, 7) is 1.74. The summed E-state index contributed by atoms with van der Waals surface area (Å²) < 4.78 is 18.8. The molecule has 1 aliphatic heterocycles. The van der Waals surface area contributed by atoms with Crippen molar-refractivity contribution < 1.29 is 23.5 Å². The monoisotopic (exact) mass is 459 g/mol. The molecule has 0 bridgehead atoms. The summed E-state index contributed by atoms with van der Waals surface area (Å²) in [6.07, 6.45) is 1.50. The summed E-state index contributed by atoms with van der Waals surface area (Å²) in [4.78, 5) is 38.4. The fraction of sp³-hybridized carbons (Fsp3) is 0.115. The largest absolute Gasteiger partial charge is 0.483 e. The summed E-state index contributed by atoms with van der Waals surface area (Å²) in [5.41, 5.74) is 2.97. The smallest absolute Gasteiger partial charge is 0.329 e. The highest BCUT2D eigenvalue weighted by atomic mass is 19.1. The lowest BCUT2D eigenvalue weighted by Gasteiger charge is -2.12. The number of hydrogen-bond acceptors (Lipinski definition) is 4. The second-order valence-corrected chi connectivity index (χ2v) is 7.75. The first-order valence-corrected chi connectivity index (χ1v) is 10.6. The SMILES string of the molecule is Cc1ccc(NC(=O)COc2ccccc2/C=C2/NC(=O)N(Cc3ccc(F)cc3)C2=O)cc1. The van der Waals surface area contributed by atoms with Gasteiger partial charge in [-0.05, 0) is 48.9 Å².